The van der Waals surface area contributed by atoms with Gasteiger partial charge in [-0.05, 0) is 31.0 Å². The quantitative estimate of drug-likeness (QED) is 0.833. The lowest BCUT2D eigenvalue weighted by molar-refractivity contribution is 0.811. The molecule has 0 saturated heterocycles. The van der Waals surface area contributed by atoms with E-state index in [2.05, 4.69) is 48.0 Å². The van der Waals surface area contributed by atoms with Crippen LogP contribution in [-0.2, 0) is 0 Å². The second kappa shape index (κ2) is 5.92. The minimum Gasteiger partial charge on any atom is -0.324 e. The number of hydrogen-bond donors (Lipinski definition) is 1. The highest BCUT2D eigenvalue weighted by molar-refractivity contribution is 9.10. The van der Waals surface area contributed by atoms with Crippen molar-refractivity contribution in [1.29, 1.82) is 0 Å². The maximum atomic E-state index is 5.86. The summed E-state index contributed by atoms with van der Waals surface area (Å²) in [6.45, 7) is 6.46. The molecule has 0 fully saturated rings. The number of nitrogens with two attached hydrogens (primary N) is 1. The van der Waals surface area contributed by atoms with E-state index in [0.717, 1.165) is 4.47 Å². The van der Waals surface area contributed by atoms with Crippen LogP contribution < -0.4 is 5.73 Å². The smallest absolute Gasteiger partial charge is 0.0277 e. The minimum absolute atomic E-state index is 0.0852. The van der Waals surface area contributed by atoms with Crippen molar-refractivity contribution in [2.45, 2.75) is 43.4 Å². The fourth-order valence-electron chi connectivity index (χ4n) is 1.27. The van der Waals surface area contributed by atoms with Gasteiger partial charge in [-0.2, -0.15) is 0 Å². The zero-order valence-electron chi connectivity index (χ0n) is 9.46. The van der Waals surface area contributed by atoms with E-state index in [1.165, 1.54) is 16.9 Å². The highest BCUT2D eigenvalue weighted by atomic mass is 79.9. The van der Waals surface area contributed by atoms with E-state index in [1.807, 2.05) is 18.7 Å². The topological polar surface area (TPSA) is 26.0 Å². The lowest BCUT2D eigenvalue weighted by Gasteiger charge is -2.12. The Labute approximate surface area is 105 Å². The molecule has 0 aliphatic carbocycles. The third kappa shape index (κ3) is 3.82. The van der Waals surface area contributed by atoms with E-state index in [9.17, 15) is 0 Å². The molecule has 0 aliphatic rings. The van der Waals surface area contributed by atoms with Crippen LogP contribution in [0.1, 0.15) is 38.8 Å². The largest absolute Gasteiger partial charge is 0.324 e. The summed E-state index contributed by atoms with van der Waals surface area (Å²) in [5.74, 6) is 0. The third-order valence-electron chi connectivity index (χ3n) is 2.37. The van der Waals surface area contributed by atoms with Gasteiger partial charge in [0.1, 0.15) is 0 Å². The molecular formula is C12H18BrNS. The summed E-state index contributed by atoms with van der Waals surface area (Å²) in [4.78, 5) is 1.31. The van der Waals surface area contributed by atoms with E-state index in [-0.39, 0.29) is 6.04 Å². The first-order valence-electron chi connectivity index (χ1n) is 5.26. The number of thioether (sulfide) groups is 1. The second-order valence-electron chi connectivity index (χ2n) is 3.81. The van der Waals surface area contributed by atoms with Crippen molar-refractivity contribution < 1.29 is 0 Å². The molecule has 0 heterocycles. The molecule has 0 aliphatic heterocycles. The average Bonchev–Trinajstić information content (AvgIpc) is 2.17. The van der Waals surface area contributed by atoms with Crippen LogP contribution >= 0.6 is 27.7 Å². The Bertz CT molecular complexity index is 325. The highest BCUT2D eigenvalue weighted by Gasteiger charge is 2.07. The van der Waals surface area contributed by atoms with Crippen molar-refractivity contribution in [3.05, 3.63) is 28.2 Å². The summed E-state index contributed by atoms with van der Waals surface area (Å²) in [5.41, 5.74) is 7.03. The predicted molar refractivity (Wildman–Crippen MR) is 72.4 cm³/mol. The van der Waals surface area contributed by atoms with Crippen molar-refractivity contribution in [1.82, 2.24) is 0 Å². The van der Waals surface area contributed by atoms with E-state index in [4.69, 9.17) is 5.73 Å². The number of hydrogen-bond acceptors (Lipinski definition) is 2. The Morgan fingerprint density at radius 1 is 1.40 bits per heavy atom. The molecule has 2 atom stereocenters. The maximum absolute atomic E-state index is 5.86. The molecule has 0 amide bonds. The molecule has 3 heteroatoms. The fourth-order valence-corrected chi connectivity index (χ4v) is 3.12. The van der Waals surface area contributed by atoms with Crippen LogP contribution in [0.5, 0.6) is 0 Å². The SMILES string of the molecule is CCC(C)Sc1ccc([C@@H](C)N)c(Br)c1. The van der Waals surface area contributed by atoms with Gasteiger partial charge < -0.3 is 5.73 Å². The van der Waals surface area contributed by atoms with Crippen molar-refractivity contribution in [3.8, 4) is 0 Å². The maximum Gasteiger partial charge on any atom is 0.0277 e. The highest BCUT2D eigenvalue weighted by Crippen LogP contribution is 2.30. The first-order valence-corrected chi connectivity index (χ1v) is 6.93. The molecule has 1 nitrogen and oxygen atoms in total. The standard InChI is InChI=1S/C12H18BrNS/c1-4-8(2)15-10-5-6-11(9(3)14)12(13)7-10/h5-9H,4,14H2,1-3H3/t8?,9-/m1/s1. The van der Waals surface area contributed by atoms with Gasteiger partial charge >= 0.3 is 0 Å². The number of benzene rings is 1. The van der Waals surface area contributed by atoms with E-state index < -0.39 is 0 Å². The van der Waals surface area contributed by atoms with Crippen molar-refractivity contribution in [2.24, 2.45) is 5.73 Å². The lowest BCUT2D eigenvalue weighted by Crippen LogP contribution is -2.05. The normalized spacial score (nSPS) is 15.0. The lowest BCUT2D eigenvalue weighted by atomic mass is 10.1. The Kier molecular flexibility index (Phi) is 5.16. The molecule has 2 N–H and O–H groups in total. The Balaban J connectivity index is 2.82. The van der Waals surface area contributed by atoms with E-state index in [1.54, 1.807) is 0 Å². The van der Waals surface area contributed by atoms with Gasteiger partial charge in [0, 0.05) is 20.7 Å². The molecule has 15 heavy (non-hydrogen) atoms. The van der Waals surface area contributed by atoms with E-state index >= 15 is 0 Å². The van der Waals surface area contributed by atoms with Gasteiger partial charge in [-0.1, -0.05) is 35.8 Å². The molecule has 0 saturated carbocycles. The van der Waals surface area contributed by atoms with Gasteiger partial charge in [-0.25, -0.2) is 0 Å². The molecule has 1 unspecified atom stereocenters. The Hall–Kier alpha value is 0.01000. The van der Waals surface area contributed by atoms with Crippen LogP contribution in [0.15, 0.2) is 27.6 Å². The first kappa shape index (κ1) is 13.1. The predicted octanol–water partition coefficient (Wildman–Crippen LogP) is 4.36. The van der Waals surface area contributed by atoms with Crippen LogP contribution in [0.4, 0.5) is 0 Å². The fraction of sp³-hybridized carbons (Fsp3) is 0.500. The average molecular weight is 288 g/mol. The van der Waals surface area contributed by atoms with Crippen molar-refractivity contribution in [2.75, 3.05) is 0 Å². The Morgan fingerprint density at radius 3 is 2.53 bits per heavy atom. The number of halogens is 1. The zero-order valence-corrected chi connectivity index (χ0v) is 11.9. The van der Waals surface area contributed by atoms with Crippen LogP contribution in [0, 0.1) is 0 Å². The van der Waals surface area contributed by atoms with Gasteiger partial charge in [0.05, 0.1) is 0 Å². The molecule has 1 aromatic carbocycles. The summed E-state index contributed by atoms with van der Waals surface area (Å²) in [6.07, 6.45) is 1.19. The number of rotatable bonds is 4. The van der Waals surface area contributed by atoms with Gasteiger partial charge in [0.25, 0.3) is 0 Å². The van der Waals surface area contributed by atoms with Crippen LogP contribution in [0.2, 0.25) is 0 Å². The summed E-state index contributed by atoms with van der Waals surface area (Å²) in [6, 6.07) is 6.51. The molecule has 1 aromatic rings. The van der Waals surface area contributed by atoms with Gasteiger partial charge in [0.2, 0.25) is 0 Å². The third-order valence-corrected chi connectivity index (χ3v) is 4.32. The van der Waals surface area contributed by atoms with Crippen LogP contribution in [0.3, 0.4) is 0 Å². The molecule has 0 radical (unpaired) electrons. The van der Waals surface area contributed by atoms with Crippen LogP contribution in [0.25, 0.3) is 0 Å². The zero-order chi connectivity index (χ0) is 11.4. The van der Waals surface area contributed by atoms with Gasteiger partial charge in [-0.15, -0.1) is 11.8 Å². The van der Waals surface area contributed by atoms with Crippen LogP contribution in [-0.4, -0.2) is 5.25 Å². The van der Waals surface area contributed by atoms with Crippen molar-refractivity contribution in [3.63, 3.8) is 0 Å². The summed E-state index contributed by atoms with van der Waals surface area (Å²) in [7, 11) is 0. The molecule has 0 spiro atoms. The molecular weight excluding hydrogens is 270 g/mol. The second-order valence-corrected chi connectivity index (χ2v) is 6.17. The monoisotopic (exact) mass is 287 g/mol. The summed E-state index contributed by atoms with van der Waals surface area (Å²) >= 11 is 5.47. The summed E-state index contributed by atoms with van der Waals surface area (Å²) < 4.78 is 1.12. The van der Waals surface area contributed by atoms with Gasteiger partial charge in [-0.3, -0.25) is 0 Å². The Morgan fingerprint density at radius 2 is 2.07 bits per heavy atom. The van der Waals surface area contributed by atoms with Gasteiger partial charge in [0.15, 0.2) is 0 Å². The van der Waals surface area contributed by atoms with Crippen molar-refractivity contribution >= 4 is 27.7 Å². The minimum atomic E-state index is 0.0852. The first-order chi connectivity index (χ1) is 7.04. The molecule has 0 aromatic heterocycles. The molecule has 1 rings (SSSR count). The van der Waals surface area contributed by atoms with E-state index in [0.29, 0.717) is 5.25 Å². The molecule has 84 valence electrons. The molecule has 0 bridgehead atoms. The summed E-state index contributed by atoms with van der Waals surface area (Å²) in [5, 5.41) is 0.665.